The van der Waals surface area contributed by atoms with Gasteiger partial charge in [-0.2, -0.15) is 0 Å². The number of benzene rings is 2. The Kier molecular flexibility index (Phi) is 7.03. The van der Waals surface area contributed by atoms with Crippen LogP contribution in [-0.4, -0.2) is 46.5 Å². The van der Waals surface area contributed by atoms with Gasteiger partial charge >= 0.3 is 0 Å². The molecule has 1 amide bonds. The quantitative estimate of drug-likeness (QED) is 0.587. The summed E-state index contributed by atoms with van der Waals surface area (Å²) >= 11 is 0. The van der Waals surface area contributed by atoms with Crippen LogP contribution in [-0.2, 0) is 17.9 Å². The van der Waals surface area contributed by atoms with Gasteiger partial charge in [0, 0.05) is 13.1 Å². The highest BCUT2D eigenvalue weighted by molar-refractivity contribution is 5.81. The minimum atomic E-state index is -0.0173. The van der Waals surface area contributed by atoms with Gasteiger partial charge in [0.1, 0.15) is 24.7 Å². The lowest BCUT2D eigenvalue weighted by Gasteiger charge is -2.18. The lowest BCUT2D eigenvalue weighted by molar-refractivity contribution is -0.121. The topological polar surface area (TPSA) is 59.4 Å². The van der Waals surface area contributed by atoms with Crippen molar-refractivity contribution in [1.29, 1.82) is 0 Å². The Balaban J connectivity index is 1.69. The first-order valence-corrected chi connectivity index (χ1v) is 9.82. The van der Waals surface area contributed by atoms with E-state index in [0.717, 1.165) is 42.2 Å². The summed E-state index contributed by atoms with van der Waals surface area (Å²) in [4.78, 5) is 19.5. The molecule has 0 unspecified atom stereocenters. The summed E-state index contributed by atoms with van der Waals surface area (Å²) < 4.78 is 7.80. The highest BCUT2D eigenvalue weighted by Crippen LogP contribution is 2.18. The summed E-state index contributed by atoms with van der Waals surface area (Å²) in [6.07, 6.45) is 0. The molecule has 3 rings (SSSR count). The van der Waals surface area contributed by atoms with Gasteiger partial charge in [-0.3, -0.25) is 4.79 Å². The number of nitrogens with zero attached hydrogens (tertiary/aromatic N) is 3. The highest BCUT2D eigenvalue weighted by Gasteiger charge is 2.14. The molecule has 28 heavy (non-hydrogen) atoms. The van der Waals surface area contributed by atoms with E-state index in [9.17, 15) is 4.79 Å². The first-order chi connectivity index (χ1) is 13.7. The summed E-state index contributed by atoms with van der Waals surface area (Å²) in [7, 11) is 0. The number of carbonyl (C=O) groups is 1. The number of imidazole rings is 1. The van der Waals surface area contributed by atoms with Crippen LogP contribution < -0.4 is 10.1 Å². The zero-order valence-electron chi connectivity index (χ0n) is 16.6. The maximum Gasteiger partial charge on any atom is 0.240 e. The summed E-state index contributed by atoms with van der Waals surface area (Å²) in [5.74, 6) is 1.50. The van der Waals surface area contributed by atoms with Gasteiger partial charge in [-0.1, -0.05) is 44.2 Å². The number of rotatable bonds is 10. The molecular formula is C22H28N4O2. The molecule has 1 aromatic heterocycles. The van der Waals surface area contributed by atoms with Crippen molar-refractivity contribution >= 4 is 16.9 Å². The van der Waals surface area contributed by atoms with E-state index in [1.165, 1.54) is 0 Å². The maximum atomic E-state index is 12.5. The van der Waals surface area contributed by atoms with Crippen molar-refractivity contribution < 1.29 is 9.53 Å². The Morgan fingerprint density at radius 2 is 1.79 bits per heavy atom. The summed E-state index contributed by atoms with van der Waals surface area (Å²) in [6.45, 7) is 8.26. The fourth-order valence-corrected chi connectivity index (χ4v) is 3.17. The molecule has 0 radical (unpaired) electrons. The molecule has 0 aliphatic rings. The number of likely N-dealkylation sites (N-methyl/N-ethyl adjacent to an activating group) is 1. The Bertz CT molecular complexity index is 888. The van der Waals surface area contributed by atoms with Gasteiger partial charge in [0.2, 0.25) is 5.91 Å². The second-order valence-corrected chi connectivity index (χ2v) is 6.58. The van der Waals surface area contributed by atoms with Crippen LogP contribution in [0.15, 0.2) is 54.6 Å². The number of para-hydroxylation sites is 3. The van der Waals surface area contributed by atoms with E-state index < -0.39 is 0 Å². The monoisotopic (exact) mass is 380 g/mol. The van der Waals surface area contributed by atoms with Gasteiger partial charge in [0.05, 0.1) is 11.0 Å². The zero-order valence-corrected chi connectivity index (χ0v) is 16.6. The summed E-state index contributed by atoms with van der Waals surface area (Å²) in [5, 5.41) is 3.02. The molecule has 0 bridgehead atoms. The van der Waals surface area contributed by atoms with Crippen LogP contribution in [0, 0.1) is 0 Å². The summed E-state index contributed by atoms with van der Waals surface area (Å²) in [5.41, 5.74) is 1.80. The maximum absolute atomic E-state index is 12.5. The second-order valence-electron chi connectivity index (χ2n) is 6.58. The molecule has 0 aliphatic heterocycles. The molecule has 0 saturated carbocycles. The van der Waals surface area contributed by atoms with Crippen LogP contribution in [0.4, 0.5) is 0 Å². The molecule has 6 heteroatoms. The minimum absolute atomic E-state index is 0.0173. The highest BCUT2D eigenvalue weighted by atomic mass is 16.5. The number of amides is 1. The lowest BCUT2D eigenvalue weighted by atomic mass is 10.3. The largest absolute Gasteiger partial charge is 0.486 e. The van der Waals surface area contributed by atoms with Gasteiger partial charge in [0.25, 0.3) is 0 Å². The van der Waals surface area contributed by atoms with Gasteiger partial charge in [0.15, 0.2) is 0 Å². The van der Waals surface area contributed by atoms with Crippen molar-refractivity contribution in [3.8, 4) is 5.75 Å². The Morgan fingerprint density at radius 3 is 2.54 bits per heavy atom. The molecule has 2 aromatic carbocycles. The Labute approximate surface area is 166 Å². The van der Waals surface area contributed by atoms with Crippen LogP contribution in [0.5, 0.6) is 5.75 Å². The molecule has 0 fully saturated rings. The van der Waals surface area contributed by atoms with Gasteiger partial charge in [-0.15, -0.1) is 0 Å². The number of ether oxygens (including phenoxy) is 1. The molecule has 0 saturated heterocycles. The number of aromatic nitrogens is 2. The lowest BCUT2D eigenvalue weighted by Crippen LogP contribution is -2.36. The predicted molar refractivity (Wildman–Crippen MR) is 111 cm³/mol. The van der Waals surface area contributed by atoms with Crippen molar-refractivity contribution in [3.63, 3.8) is 0 Å². The van der Waals surface area contributed by atoms with E-state index in [0.29, 0.717) is 13.2 Å². The van der Waals surface area contributed by atoms with E-state index in [4.69, 9.17) is 4.74 Å². The van der Waals surface area contributed by atoms with E-state index in [1.54, 1.807) is 0 Å². The first kappa shape index (κ1) is 19.9. The standard InChI is InChI=1S/C22H28N4O2/c1-3-25(4-2)15-14-23-22(27)16-26-20-13-9-8-12-19(20)24-21(26)17-28-18-10-6-5-7-11-18/h5-13H,3-4,14-17H2,1-2H3,(H,23,27). The van der Waals surface area contributed by atoms with Crippen LogP contribution >= 0.6 is 0 Å². The smallest absolute Gasteiger partial charge is 0.240 e. The van der Waals surface area contributed by atoms with Crippen LogP contribution in [0.2, 0.25) is 0 Å². The fraction of sp³-hybridized carbons (Fsp3) is 0.364. The van der Waals surface area contributed by atoms with Crippen LogP contribution in [0.25, 0.3) is 11.0 Å². The van der Waals surface area contributed by atoms with Crippen LogP contribution in [0.1, 0.15) is 19.7 Å². The zero-order chi connectivity index (χ0) is 19.8. The van der Waals surface area contributed by atoms with Crippen molar-refractivity contribution in [2.45, 2.75) is 27.0 Å². The molecule has 1 N–H and O–H groups in total. The number of nitrogens with one attached hydrogen (secondary N) is 1. The number of hydrogen-bond acceptors (Lipinski definition) is 4. The molecule has 6 nitrogen and oxygen atoms in total. The van der Waals surface area contributed by atoms with E-state index in [1.807, 2.05) is 59.2 Å². The van der Waals surface area contributed by atoms with Crippen molar-refractivity contribution in [2.75, 3.05) is 26.2 Å². The number of carbonyl (C=O) groups excluding carboxylic acids is 1. The predicted octanol–water partition coefficient (Wildman–Crippen LogP) is 3.07. The fourth-order valence-electron chi connectivity index (χ4n) is 3.17. The average Bonchev–Trinajstić information content (AvgIpc) is 3.08. The van der Waals surface area contributed by atoms with E-state index in [-0.39, 0.29) is 12.5 Å². The second kappa shape index (κ2) is 9.90. The number of hydrogen-bond donors (Lipinski definition) is 1. The Hall–Kier alpha value is -2.86. The molecular weight excluding hydrogens is 352 g/mol. The normalized spacial score (nSPS) is 11.1. The third kappa shape index (κ3) is 5.10. The van der Waals surface area contributed by atoms with E-state index >= 15 is 0 Å². The number of fused-ring (bicyclic) bond motifs is 1. The van der Waals surface area contributed by atoms with E-state index in [2.05, 4.69) is 29.0 Å². The molecule has 0 atom stereocenters. The third-order valence-corrected chi connectivity index (χ3v) is 4.79. The van der Waals surface area contributed by atoms with Crippen molar-refractivity contribution in [3.05, 3.63) is 60.4 Å². The first-order valence-electron chi connectivity index (χ1n) is 9.82. The average molecular weight is 380 g/mol. The van der Waals surface area contributed by atoms with Gasteiger partial charge < -0.3 is 19.5 Å². The molecule has 1 heterocycles. The van der Waals surface area contributed by atoms with Crippen molar-refractivity contribution in [2.24, 2.45) is 0 Å². The van der Waals surface area contributed by atoms with Crippen molar-refractivity contribution in [1.82, 2.24) is 19.8 Å². The molecule has 148 valence electrons. The van der Waals surface area contributed by atoms with Gasteiger partial charge in [-0.05, 0) is 37.4 Å². The molecule has 3 aromatic rings. The minimum Gasteiger partial charge on any atom is -0.486 e. The summed E-state index contributed by atoms with van der Waals surface area (Å²) in [6, 6.07) is 17.5. The van der Waals surface area contributed by atoms with Gasteiger partial charge in [-0.25, -0.2) is 4.98 Å². The molecule has 0 aliphatic carbocycles. The Morgan fingerprint density at radius 1 is 1.07 bits per heavy atom. The molecule has 0 spiro atoms. The van der Waals surface area contributed by atoms with Crippen LogP contribution in [0.3, 0.4) is 0 Å². The third-order valence-electron chi connectivity index (χ3n) is 4.79. The SMILES string of the molecule is CCN(CC)CCNC(=O)Cn1c(COc2ccccc2)nc2ccccc21.